The maximum atomic E-state index is 6.06. The summed E-state index contributed by atoms with van der Waals surface area (Å²) in [7, 11) is 1.77. The minimum absolute atomic E-state index is 0.225. The molecule has 16 heavy (non-hydrogen) atoms. The summed E-state index contributed by atoms with van der Waals surface area (Å²) < 4.78 is 16.9. The van der Waals surface area contributed by atoms with Crippen molar-refractivity contribution in [1.82, 2.24) is 5.32 Å². The Bertz CT molecular complexity index is 206. The second-order valence-electron chi connectivity index (χ2n) is 4.59. The molecule has 1 aliphatic carbocycles. The highest BCUT2D eigenvalue weighted by Gasteiger charge is 2.42. The van der Waals surface area contributed by atoms with E-state index in [4.69, 9.17) is 14.2 Å². The van der Waals surface area contributed by atoms with E-state index in [0.29, 0.717) is 12.1 Å². The molecule has 0 bridgehead atoms. The minimum atomic E-state index is 0.225. The summed E-state index contributed by atoms with van der Waals surface area (Å²) >= 11 is 0. The van der Waals surface area contributed by atoms with Gasteiger partial charge in [0.05, 0.1) is 18.3 Å². The van der Waals surface area contributed by atoms with E-state index in [2.05, 4.69) is 12.2 Å². The summed E-state index contributed by atoms with van der Waals surface area (Å²) in [5.74, 6) is 0. The van der Waals surface area contributed by atoms with Gasteiger partial charge in [-0.1, -0.05) is 6.92 Å². The first kappa shape index (κ1) is 12.3. The van der Waals surface area contributed by atoms with Crippen LogP contribution in [0.5, 0.6) is 0 Å². The van der Waals surface area contributed by atoms with Crippen molar-refractivity contribution in [3.63, 3.8) is 0 Å². The Hall–Kier alpha value is -0.160. The molecule has 94 valence electrons. The van der Waals surface area contributed by atoms with E-state index in [1.165, 1.54) is 0 Å². The number of nitrogens with one attached hydrogen (secondary N) is 1. The van der Waals surface area contributed by atoms with E-state index < -0.39 is 0 Å². The molecule has 4 heteroatoms. The van der Waals surface area contributed by atoms with Crippen molar-refractivity contribution in [2.75, 3.05) is 26.9 Å². The number of hydrogen-bond acceptors (Lipinski definition) is 4. The van der Waals surface area contributed by atoms with Crippen LogP contribution in [0.25, 0.3) is 0 Å². The molecule has 4 nitrogen and oxygen atoms in total. The van der Waals surface area contributed by atoms with Gasteiger partial charge in [-0.25, -0.2) is 0 Å². The highest BCUT2D eigenvalue weighted by molar-refractivity contribution is 4.97. The second-order valence-corrected chi connectivity index (χ2v) is 4.59. The maximum Gasteiger partial charge on any atom is 0.0987 e. The minimum Gasteiger partial charge on any atom is -0.381 e. The van der Waals surface area contributed by atoms with Gasteiger partial charge in [-0.05, 0) is 25.8 Å². The molecule has 2 rings (SSSR count). The molecule has 0 aromatic rings. The van der Waals surface area contributed by atoms with E-state index in [0.717, 1.165) is 39.0 Å². The third-order valence-corrected chi connectivity index (χ3v) is 3.52. The van der Waals surface area contributed by atoms with Crippen LogP contribution in [0, 0.1) is 0 Å². The van der Waals surface area contributed by atoms with E-state index in [1.807, 2.05) is 0 Å². The molecule has 3 atom stereocenters. The van der Waals surface area contributed by atoms with Gasteiger partial charge in [0, 0.05) is 26.4 Å². The molecule has 0 spiro atoms. The SMILES string of the molecule is CCNC1CC(OC2CCOCC2)C1OC. The summed E-state index contributed by atoms with van der Waals surface area (Å²) in [6.07, 6.45) is 4.00. The van der Waals surface area contributed by atoms with Crippen molar-refractivity contribution in [1.29, 1.82) is 0 Å². The van der Waals surface area contributed by atoms with Crippen LogP contribution >= 0.6 is 0 Å². The van der Waals surface area contributed by atoms with Crippen molar-refractivity contribution >= 4 is 0 Å². The molecule has 2 fully saturated rings. The van der Waals surface area contributed by atoms with Crippen LogP contribution in [-0.4, -0.2) is 51.2 Å². The van der Waals surface area contributed by atoms with Gasteiger partial charge in [-0.2, -0.15) is 0 Å². The van der Waals surface area contributed by atoms with Crippen LogP contribution in [0.15, 0.2) is 0 Å². The van der Waals surface area contributed by atoms with Gasteiger partial charge in [0.1, 0.15) is 0 Å². The number of ether oxygens (including phenoxy) is 3. The van der Waals surface area contributed by atoms with Crippen molar-refractivity contribution in [3.8, 4) is 0 Å². The zero-order chi connectivity index (χ0) is 11.4. The first-order valence-electron chi connectivity index (χ1n) is 6.34. The van der Waals surface area contributed by atoms with Crippen molar-refractivity contribution < 1.29 is 14.2 Å². The molecule has 2 aliphatic rings. The van der Waals surface area contributed by atoms with Crippen LogP contribution in [0.3, 0.4) is 0 Å². The van der Waals surface area contributed by atoms with E-state index in [9.17, 15) is 0 Å². The van der Waals surface area contributed by atoms with Gasteiger partial charge in [-0.3, -0.25) is 0 Å². The Kier molecular flexibility index (Phi) is 4.58. The Morgan fingerprint density at radius 3 is 2.69 bits per heavy atom. The molecule has 0 aromatic carbocycles. The zero-order valence-electron chi connectivity index (χ0n) is 10.3. The van der Waals surface area contributed by atoms with Crippen LogP contribution in [0.2, 0.25) is 0 Å². The van der Waals surface area contributed by atoms with Gasteiger partial charge >= 0.3 is 0 Å². The molecule has 1 heterocycles. The van der Waals surface area contributed by atoms with E-state index in [1.54, 1.807) is 7.11 Å². The number of rotatable bonds is 5. The Labute approximate surface area is 97.6 Å². The van der Waals surface area contributed by atoms with Crippen molar-refractivity contribution in [2.45, 2.75) is 50.5 Å². The Morgan fingerprint density at radius 2 is 2.06 bits per heavy atom. The van der Waals surface area contributed by atoms with Gasteiger partial charge in [0.25, 0.3) is 0 Å². The molecule has 1 N–H and O–H groups in total. The number of hydrogen-bond donors (Lipinski definition) is 1. The van der Waals surface area contributed by atoms with Gasteiger partial charge in [0.2, 0.25) is 0 Å². The van der Waals surface area contributed by atoms with E-state index in [-0.39, 0.29) is 12.2 Å². The summed E-state index contributed by atoms with van der Waals surface area (Å²) in [5.41, 5.74) is 0. The lowest BCUT2D eigenvalue weighted by molar-refractivity contribution is -0.170. The highest BCUT2D eigenvalue weighted by atomic mass is 16.6. The van der Waals surface area contributed by atoms with E-state index >= 15 is 0 Å². The number of likely N-dealkylation sites (N-methyl/N-ethyl adjacent to an activating group) is 1. The fourth-order valence-corrected chi connectivity index (χ4v) is 2.55. The molecule has 1 saturated carbocycles. The average molecular weight is 229 g/mol. The quantitative estimate of drug-likeness (QED) is 0.762. The fraction of sp³-hybridized carbons (Fsp3) is 1.00. The van der Waals surface area contributed by atoms with Crippen molar-refractivity contribution in [3.05, 3.63) is 0 Å². The smallest absolute Gasteiger partial charge is 0.0987 e. The standard InChI is InChI=1S/C12H23NO3/c1-3-13-10-8-11(12(10)14-2)16-9-4-6-15-7-5-9/h9-13H,3-8H2,1-2H3. The van der Waals surface area contributed by atoms with Crippen molar-refractivity contribution in [2.24, 2.45) is 0 Å². The first-order chi connectivity index (χ1) is 7.85. The third kappa shape index (κ3) is 2.74. The lowest BCUT2D eigenvalue weighted by Crippen LogP contribution is -2.60. The molecule has 1 saturated heterocycles. The Morgan fingerprint density at radius 1 is 1.31 bits per heavy atom. The molecule has 0 aromatic heterocycles. The monoisotopic (exact) mass is 229 g/mol. The summed E-state index contributed by atoms with van der Waals surface area (Å²) in [6, 6.07) is 0.472. The first-order valence-corrected chi connectivity index (χ1v) is 6.34. The maximum absolute atomic E-state index is 6.06. The molecular weight excluding hydrogens is 206 g/mol. The highest BCUT2D eigenvalue weighted by Crippen LogP contribution is 2.29. The predicted octanol–water partition coefficient (Wildman–Crippen LogP) is 0.947. The Balaban J connectivity index is 1.73. The lowest BCUT2D eigenvalue weighted by atomic mass is 9.85. The normalized spacial score (nSPS) is 36.0. The van der Waals surface area contributed by atoms with Crippen LogP contribution in [-0.2, 0) is 14.2 Å². The predicted molar refractivity (Wildman–Crippen MR) is 61.6 cm³/mol. The number of methoxy groups -OCH3 is 1. The third-order valence-electron chi connectivity index (χ3n) is 3.52. The zero-order valence-corrected chi connectivity index (χ0v) is 10.3. The second kappa shape index (κ2) is 5.96. The largest absolute Gasteiger partial charge is 0.381 e. The molecule has 3 unspecified atom stereocenters. The van der Waals surface area contributed by atoms with Gasteiger partial charge < -0.3 is 19.5 Å². The molecule has 1 aliphatic heterocycles. The van der Waals surface area contributed by atoms with Crippen LogP contribution < -0.4 is 5.32 Å². The van der Waals surface area contributed by atoms with Crippen LogP contribution in [0.4, 0.5) is 0 Å². The lowest BCUT2D eigenvalue weighted by Gasteiger charge is -2.45. The van der Waals surface area contributed by atoms with Crippen LogP contribution in [0.1, 0.15) is 26.2 Å². The van der Waals surface area contributed by atoms with Gasteiger partial charge in [0.15, 0.2) is 0 Å². The van der Waals surface area contributed by atoms with Gasteiger partial charge in [-0.15, -0.1) is 0 Å². The molecule has 0 radical (unpaired) electrons. The molecule has 0 amide bonds. The summed E-state index contributed by atoms with van der Waals surface area (Å²) in [6.45, 7) is 4.80. The average Bonchev–Trinajstić information content (AvgIpc) is 2.29. The topological polar surface area (TPSA) is 39.7 Å². The summed E-state index contributed by atoms with van der Waals surface area (Å²) in [5, 5.41) is 3.42. The summed E-state index contributed by atoms with van der Waals surface area (Å²) in [4.78, 5) is 0. The fourth-order valence-electron chi connectivity index (χ4n) is 2.55. The molecular formula is C12H23NO3.